The summed E-state index contributed by atoms with van der Waals surface area (Å²) in [5.41, 5.74) is 5.18. The van der Waals surface area contributed by atoms with Gasteiger partial charge in [0.2, 0.25) is 0 Å². The van der Waals surface area contributed by atoms with Crippen LogP contribution in [-0.2, 0) is 0 Å². The molecule has 1 unspecified atom stereocenters. The lowest BCUT2D eigenvalue weighted by molar-refractivity contribution is -0.201. The molecular weight excluding hydrogens is 185 g/mol. The number of alkyl halides is 3. The summed E-state index contributed by atoms with van der Waals surface area (Å²) >= 11 is 0. The maximum Gasteiger partial charge on any atom is 0.415 e. The predicted molar refractivity (Wildman–Crippen MR) is 43.2 cm³/mol. The fraction of sp³-hybridized carbons (Fsp3) is 1.00. The Labute approximate surface area is 75.1 Å². The van der Waals surface area contributed by atoms with Crippen LogP contribution in [0.4, 0.5) is 13.2 Å². The highest BCUT2D eigenvalue weighted by atomic mass is 19.4. The minimum atomic E-state index is -4.53. The van der Waals surface area contributed by atoms with Crippen LogP contribution < -0.4 is 11.1 Å². The van der Waals surface area contributed by atoms with E-state index in [1.807, 2.05) is 0 Å². The predicted octanol–water partition coefficient (Wildman–Crippen LogP) is 0.238. The Balaban J connectivity index is 3.32. The lowest BCUT2D eigenvalue weighted by atomic mass is 10.3. The molecule has 0 aromatic rings. The van der Waals surface area contributed by atoms with Crippen molar-refractivity contribution >= 4 is 0 Å². The average molecular weight is 200 g/mol. The van der Waals surface area contributed by atoms with E-state index < -0.39 is 18.8 Å². The number of unbranched alkanes of at least 4 members (excludes halogenated alkanes) is 1. The number of halogens is 3. The summed E-state index contributed by atoms with van der Waals surface area (Å²) in [5.74, 6) is 0. The Morgan fingerprint density at radius 3 is 2.38 bits per heavy atom. The smallest absolute Gasteiger partial charge is 0.382 e. The number of aliphatic hydroxyl groups excluding tert-OH is 1. The highest BCUT2D eigenvalue weighted by Gasteiger charge is 2.37. The first kappa shape index (κ1) is 12.7. The number of nitrogens with one attached hydrogen (secondary N) is 1. The van der Waals surface area contributed by atoms with Crippen molar-refractivity contribution in [2.45, 2.75) is 25.1 Å². The normalized spacial score (nSPS) is 14.5. The molecule has 1 atom stereocenters. The van der Waals surface area contributed by atoms with Gasteiger partial charge in [-0.2, -0.15) is 13.2 Å². The van der Waals surface area contributed by atoms with Crippen LogP contribution in [0.3, 0.4) is 0 Å². The standard InChI is InChI=1S/C7H15F3N2O/c8-7(9,10)6(13)5-12-4-2-1-3-11/h6,12-13H,1-5,11H2. The third-order valence-corrected chi connectivity index (χ3v) is 1.52. The number of hydrogen-bond acceptors (Lipinski definition) is 3. The van der Waals surface area contributed by atoms with Gasteiger partial charge >= 0.3 is 6.18 Å². The topological polar surface area (TPSA) is 58.3 Å². The van der Waals surface area contributed by atoms with E-state index >= 15 is 0 Å². The molecule has 0 aliphatic heterocycles. The van der Waals surface area contributed by atoms with Crippen molar-refractivity contribution in [2.24, 2.45) is 5.73 Å². The SMILES string of the molecule is NCCCCNCC(O)C(F)(F)F. The zero-order valence-corrected chi connectivity index (χ0v) is 7.27. The molecule has 0 spiro atoms. The second-order valence-electron chi connectivity index (χ2n) is 2.76. The minimum absolute atomic E-state index is 0.449. The summed E-state index contributed by atoms with van der Waals surface area (Å²) in [6.07, 6.45) is -5.30. The highest BCUT2D eigenvalue weighted by molar-refractivity contribution is 4.67. The van der Waals surface area contributed by atoms with Crippen molar-refractivity contribution in [3.63, 3.8) is 0 Å². The first-order valence-corrected chi connectivity index (χ1v) is 4.14. The number of hydrogen-bond donors (Lipinski definition) is 3. The largest absolute Gasteiger partial charge is 0.415 e. The molecule has 0 bridgehead atoms. The van der Waals surface area contributed by atoms with Crippen molar-refractivity contribution in [1.82, 2.24) is 5.32 Å². The van der Waals surface area contributed by atoms with Gasteiger partial charge in [-0.25, -0.2) is 0 Å². The summed E-state index contributed by atoms with van der Waals surface area (Å²) in [4.78, 5) is 0. The van der Waals surface area contributed by atoms with Crippen LogP contribution in [0, 0.1) is 0 Å². The quantitative estimate of drug-likeness (QED) is 0.538. The van der Waals surface area contributed by atoms with Gasteiger partial charge in [-0.1, -0.05) is 0 Å². The van der Waals surface area contributed by atoms with Crippen LogP contribution in [0.1, 0.15) is 12.8 Å². The van der Waals surface area contributed by atoms with Gasteiger partial charge in [0.25, 0.3) is 0 Å². The van der Waals surface area contributed by atoms with E-state index in [-0.39, 0.29) is 0 Å². The van der Waals surface area contributed by atoms with Gasteiger partial charge in [0.1, 0.15) is 0 Å². The maximum atomic E-state index is 11.7. The molecule has 0 aliphatic carbocycles. The minimum Gasteiger partial charge on any atom is -0.382 e. The van der Waals surface area contributed by atoms with E-state index in [4.69, 9.17) is 10.8 Å². The molecule has 0 aromatic carbocycles. The van der Waals surface area contributed by atoms with Gasteiger partial charge in [-0.05, 0) is 25.9 Å². The van der Waals surface area contributed by atoms with Crippen molar-refractivity contribution in [3.8, 4) is 0 Å². The Morgan fingerprint density at radius 1 is 1.31 bits per heavy atom. The molecule has 0 radical (unpaired) electrons. The fourth-order valence-electron chi connectivity index (χ4n) is 0.749. The summed E-state index contributed by atoms with van der Waals surface area (Å²) in [7, 11) is 0. The molecule has 0 aromatic heterocycles. The van der Waals surface area contributed by atoms with Crippen molar-refractivity contribution in [1.29, 1.82) is 0 Å². The van der Waals surface area contributed by atoms with Gasteiger partial charge < -0.3 is 16.2 Å². The van der Waals surface area contributed by atoms with Gasteiger partial charge in [0.05, 0.1) is 0 Å². The van der Waals surface area contributed by atoms with Crippen molar-refractivity contribution in [3.05, 3.63) is 0 Å². The first-order valence-electron chi connectivity index (χ1n) is 4.14. The van der Waals surface area contributed by atoms with E-state index in [9.17, 15) is 13.2 Å². The fourth-order valence-corrected chi connectivity index (χ4v) is 0.749. The van der Waals surface area contributed by atoms with Crippen LogP contribution in [0.2, 0.25) is 0 Å². The van der Waals surface area contributed by atoms with Crippen LogP contribution >= 0.6 is 0 Å². The van der Waals surface area contributed by atoms with Crippen LogP contribution in [-0.4, -0.2) is 37.0 Å². The Morgan fingerprint density at radius 2 is 1.92 bits per heavy atom. The van der Waals surface area contributed by atoms with Crippen LogP contribution in [0.5, 0.6) is 0 Å². The second-order valence-corrected chi connectivity index (χ2v) is 2.76. The maximum absolute atomic E-state index is 11.7. The molecule has 0 saturated heterocycles. The Bertz CT molecular complexity index is 129. The first-order chi connectivity index (χ1) is 5.98. The Hall–Kier alpha value is -0.330. The van der Waals surface area contributed by atoms with E-state index in [0.717, 1.165) is 12.8 Å². The van der Waals surface area contributed by atoms with Crippen molar-refractivity contribution < 1.29 is 18.3 Å². The monoisotopic (exact) mass is 200 g/mol. The molecule has 0 fully saturated rings. The van der Waals surface area contributed by atoms with E-state index in [1.165, 1.54) is 0 Å². The molecule has 3 nitrogen and oxygen atoms in total. The van der Waals surface area contributed by atoms with Crippen molar-refractivity contribution in [2.75, 3.05) is 19.6 Å². The van der Waals surface area contributed by atoms with E-state index in [0.29, 0.717) is 13.1 Å². The van der Waals surface area contributed by atoms with Gasteiger partial charge in [0, 0.05) is 6.54 Å². The van der Waals surface area contributed by atoms with E-state index in [1.54, 1.807) is 0 Å². The lowest BCUT2D eigenvalue weighted by Gasteiger charge is -2.14. The average Bonchev–Trinajstić information content (AvgIpc) is 2.02. The molecule has 4 N–H and O–H groups in total. The molecule has 6 heteroatoms. The van der Waals surface area contributed by atoms with Gasteiger partial charge in [-0.3, -0.25) is 0 Å². The second kappa shape index (κ2) is 6.17. The highest BCUT2D eigenvalue weighted by Crippen LogP contribution is 2.18. The number of rotatable bonds is 6. The number of nitrogens with two attached hydrogens (primary N) is 1. The van der Waals surface area contributed by atoms with Gasteiger partial charge in [-0.15, -0.1) is 0 Å². The summed E-state index contributed by atoms with van der Waals surface area (Å²) < 4.78 is 35.1. The molecule has 0 rings (SSSR count). The lowest BCUT2D eigenvalue weighted by Crippen LogP contribution is -2.38. The van der Waals surface area contributed by atoms with Crippen LogP contribution in [0.25, 0.3) is 0 Å². The molecule has 0 saturated carbocycles. The third kappa shape index (κ3) is 6.80. The number of aliphatic hydroxyl groups is 1. The zero-order chi connectivity index (χ0) is 10.3. The van der Waals surface area contributed by atoms with E-state index in [2.05, 4.69) is 5.32 Å². The third-order valence-electron chi connectivity index (χ3n) is 1.52. The zero-order valence-electron chi connectivity index (χ0n) is 7.27. The summed E-state index contributed by atoms with van der Waals surface area (Å²) in [6.45, 7) is 0.530. The molecule has 80 valence electrons. The molecule has 13 heavy (non-hydrogen) atoms. The summed E-state index contributed by atoms with van der Waals surface area (Å²) in [6, 6.07) is 0. The molecule has 0 amide bonds. The van der Waals surface area contributed by atoms with Crippen LogP contribution in [0.15, 0.2) is 0 Å². The molecule has 0 aliphatic rings. The molecule has 0 heterocycles. The molecular formula is C7H15F3N2O. The van der Waals surface area contributed by atoms with Gasteiger partial charge in [0.15, 0.2) is 6.10 Å². The Kier molecular flexibility index (Phi) is 6.02. The summed E-state index contributed by atoms with van der Waals surface area (Å²) in [5, 5.41) is 11.0.